The number of hydrogen-bond acceptors (Lipinski definition) is 1. The summed E-state index contributed by atoms with van der Waals surface area (Å²) in [6, 6.07) is 0. The minimum absolute atomic E-state index is 0.0255. The molecule has 2 nitrogen and oxygen atoms in total. The van der Waals surface area contributed by atoms with E-state index in [2.05, 4.69) is 15.9 Å². The van der Waals surface area contributed by atoms with Crippen LogP contribution in [0.1, 0.15) is 6.92 Å². The van der Waals surface area contributed by atoms with Crippen LogP contribution in [-0.4, -0.2) is 10.7 Å². The molecule has 0 aromatic heterocycles. The fourth-order valence-corrected chi connectivity index (χ4v) is 0. The number of rotatable bonds is 1. The number of hydrogen-bond donors (Lipinski definition) is 2. The van der Waals surface area contributed by atoms with E-state index >= 15 is 0 Å². The van der Waals surface area contributed by atoms with Gasteiger partial charge in [0.05, 0.1) is 4.83 Å². The van der Waals surface area contributed by atoms with E-state index in [1.165, 1.54) is 0 Å². The Morgan fingerprint density at radius 3 is 2.17 bits per heavy atom. The molecule has 0 saturated heterocycles. The third kappa shape index (κ3) is 2.20. The number of halogens is 1. The van der Waals surface area contributed by atoms with Crippen LogP contribution in [-0.2, 0) is 0 Å². The van der Waals surface area contributed by atoms with Crippen molar-refractivity contribution in [2.45, 2.75) is 11.8 Å². The van der Waals surface area contributed by atoms with Crippen LogP contribution in [0.15, 0.2) is 0 Å². The van der Waals surface area contributed by atoms with Gasteiger partial charge in [0.2, 0.25) is 0 Å². The van der Waals surface area contributed by atoms with E-state index in [0.717, 1.165) is 0 Å². The van der Waals surface area contributed by atoms with Crippen molar-refractivity contribution in [1.29, 1.82) is 5.41 Å². The highest BCUT2D eigenvalue weighted by Crippen LogP contribution is 1.92. The number of nitrogens with two attached hydrogens (primary N) is 1. The largest absolute Gasteiger partial charge is 0.387 e. The first-order valence-corrected chi connectivity index (χ1v) is 2.54. The van der Waals surface area contributed by atoms with Crippen LogP contribution in [0, 0.1) is 5.41 Å². The van der Waals surface area contributed by atoms with E-state index in [1.54, 1.807) is 0 Å². The van der Waals surface area contributed by atoms with Gasteiger partial charge in [0.1, 0.15) is 5.84 Å². The van der Waals surface area contributed by atoms with E-state index < -0.39 is 0 Å². The summed E-state index contributed by atoms with van der Waals surface area (Å²) in [6.07, 6.45) is 0. The highest BCUT2D eigenvalue weighted by atomic mass is 79.9. The van der Waals surface area contributed by atoms with Gasteiger partial charge < -0.3 is 5.73 Å². The second kappa shape index (κ2) is 2.18. The first-order chi connectivity index (χ1) is 2.64. The lowest BCUT2D eigenvalue weighted by Crippen LogP contribution is -2.18. The zero-order chi connectivity index (χ0) is 5.15. The molecule has 3 heteroatoms. The number of amidine groups is 1. The Bertz CT molecular complexity index is 59.8. The van der Waals surface area contributed by atoms with Gasteiger partial charge in [-0.2, -0.15) is 0 Å². The summed E-state index contributed by atoms with van der Waals surface area (Å²) in [6.45, 7) is 1.81. The maximum absolute atomic E-state index is 6.68. The summed E-state index contributed by atoms with van der Waals surface area (Å²) in [7, 11) is 0. The van der Waals surface area contributed by atoms with Crippen LogP contribution in [0.5, 0.6) is 0 Å². The summed E-state index contributed by atoms with van der Waals surface area (Å²) >= 11 is 3.09. The van der Waals surface area contributed by atoms with Crippen LogP contribution in [0.2, 0.25) is 0 Å². The summed E-state index contributed by atoms with van der Waals surface area (Å²) in [5.74, 6) is 0.176. The number of alkyl halides is 1. The minimum atomic E-state index is 0.0255. The van der Waals surface area contributed by atoms with Gasteiger partial charge >= 0.3 is 0 Å². The molecular weight excluding hydrogens is 144 g/mol. The first kappa shape index (κ1) is 5.95. The fraction of sp³-hybridized carbons (Fsp3) is 0.667. The predicted molar refractivity (Wildman–Crippen MR) is 30.3 cm³/mol. The molecule has 0 heterocycles. The molecule has 0 aliphatic heterocycles. The lowest BCUT2D eigenvalue weighted by atomic mass is 10.5. The molecule has 0 radical (unpaired) electrons. The summed E-state index contributed by atoms with van der Waals surface area (Å²) in [5.41, 5.74) is 4.97. The van der Waals surface area contributed by atoms with Crippen molar-refractivity contribution in [3.05, 3.63) is 0 Å². The first-order valence-electron chi connectivity index (χ1n) is 1.62. The van der Waals surface area contributed by atoms with Gasteiger partial charge in [0.15, 0.2) is 0 Å². The molecule has 6 heavy (non-hydrogen) atoms. The molecule has 36 valence electrons. The van der Waals surface area contributed by atoms with E-state index in [1.807, 2.05) is 6.92 Å². The Hall–Kier alpha value is -0.0500. The molecule has 0 aromatic carbocycles. The molecule has 0 amide bonds. The highest BCUT2D eigenvalue weighted by molar-refractivity contribution is 9.10. The third-order valence-electron chi connectivity index (χ3n) is 0.429. The molecule has 0 spiro atoms. The van der Waals surface area contributed by atoms with Crippen molar-refractivity contribution in [2.75, 3.05) is 0 Å². The normalized spacial score (nSPS) is 13.7. The van der Waals surface area contributed by atoms with Gasteiger partial charge in [-0.25, -0.2) is 0 Å². The van der Waals surface area contributed by atoms with Gasteiger partial charge in [0, 0.05) is 0 Å². The second-order valence-corrected chi connectivity index (χ2v) is 2.44. The lowest BCUT2D eigenvalue weighted by Gasteiger charge is -1.93. The quantitative estimate of drug-likeness (QED) is 0.323. The molecule has 0 aliphatic rings. The maximum Gasteiger partial charge on any atom is 0.104 e. The molecule has 0 aliphatic carbocycles. The van der Waals surface area contributed by atoms with Crippen molar-refractivity contribution in [3.63, 3.8) is 0 Å². The Kier molecular flexibility index (Phi) is 2.16. The SMILES string of the molecule is CC(Br)C(=N)N. The van der Waals surface area contributed by atoms with Gasteiger partial charge in [-0.3, -0.25) is 5.41 Å². The standard InChI is InChI=1S/C3H7BrN2/c1-2(4)3(5)6/h2H,1H3,(H3,5,6). The predicted octanol–water partition coefficient (Wildman–Crippen LogP) is 0.706. The molecule has 0 bridgehead atoms. The van der Waals surface area contributed by atoms with Crippen molar-refractivity contribution in [3.8, 4) is 0 Å². The summed E-state index contributed by atoms with van der Waals surface area (Å²) < 4.78 is 0. The van der Waals surface area contributed by atoms with E-state index in [9.17, 15) is 0 Å². The monoisotopic (exact) mass is 150 g/mol. The van der Waals surface area contributed by atoms with Crippen LogP contribution in [0.25, 0.3) is 0 Å². The average Bonchev–Trinajstić information content (AvgIpc) is 1.36. The Morgan fingerprint density at radius 2 is 2.17 bits per heavy atom. The van der Waals surface area contributed by atoms with E-state index in [0.29, 0.717) is 0 Å². The second-order valence-electron chi connectivity index (χ2n) is 1.07. The third-order valence-corrected chi connectivity index (χ3v) is 0.922. The molecule has 0 rings (SSSR count). The van der Waals surface area contributed by atoms with Gasteiger partial charge in [-0.1, -0.05) is 15.9 Å². The van der Waals surface area contributed by atoms with Crippen molar-refractivity contribution < 1.29 is 0 Å². The van der Waals surface area contributed by atoms with Crippen molar-refractivity contribution in [1.82, 2.24) is 0 Å². The molecule has 3 N–H and O–H groups in total. The average molecular weight is 151 g/mol. The van der Waals surface area contributed by atoms with Crippen LogP contribution >= 0.6 is 15.9 Å². The Labute approximate surface area is 45.4 Å². The van der Waals surface area contributed by atoms with Gasteiger partial charge in [-0.05, 0) is 6.92 Å². The smallest absolute Gasteiger partial charge is 0.104 e. The fourth-order valence-electron chi connectivity index (χ4n) is 0. The topological polar surface area (TPSA) is 49.9 Å². The van der Waals surface area contributed by atoms with Gasteiger partial charge in [-0.15, -0.1) is 0 Å². The van der Waals surface area contributed by atoms with Crippen LogP contribution in [0.4, 0.5) is 0 Å². The Morgan fingerprint density at radius 1 is 2.00 bits per heavy atom. The van der Waals surface area contributed by atoms with Crippen molar-refractivity contribution >= 4 is 21.8 Å². The maximum atomic E-state index is 6.68. The molecule has 0 aromatic rings. The van der Waals surface area contributed by atoms with Crippen LogP contribution < -0.4 is 5.73 Å². The molecule has 1 atom stereocenters. The number of nitrogens with one attached hydrogen (secondary N) is 1. The highest BCUT2D eigenvalue weighted by Gasteiger charge is 1.93. The molecule has 0 saturated carbocycles. The van der Waals surface area contributed by atoms with Gasteiger partial charge in [0.25, 0.3) is 0 Å². The Balaban J connectivity index is 3.26. The molecule has 1 unspecified atom stereocenters. The lowest BCUT2D eigenvalue weighted by molar-refractivity contribution is 1.25. The molecular formula is C3H7BrN2. The summed E-state index contributed by atoms with van der Waals surface area (Å²) in [5, 5.41) is 6.68. The van der Waals surface area contributed by atoms with Crippen molar-refractivity contribution in [2.24, 2.45) is 5.73 Å². The van der Waals surface area contributed by atoms with E-state index in [4.69, 9.17) is 11.1 Å². The zero-order valence-electron chi connectivity index (χ0n) is 3.53. The van der Waals surface area contributed by atoms with E-state index in [-0.39, 0.29) is 10.7 Å². The molecule has 0 fully saturated rings. The zero-order valence-corrected chi connectivity index (χ0v) is 5.12. The summed E-state index contributed by atoms with van der Waals surface area (Å²) in [4.78, 5) is 0.0255. The van der Waals surface area contributed by atoms with Crippen LogP contribution in [0.3, 0.4) is 0 Å². The minimum Gasteiger partial charge on any atom is -0.387 e.